The van der Waals surface area contributed by atoms with Gasteiger partial charge in [0.25, 0.3) is 5.91 Å². The normalized spacial score (nSPS) is 22.0. The molecule has 2 atom stereocenters. The van der Waals surface area contributed by atoms with Crippen molar-refractivity contribution in [2.24, 2.45) is 0 Å². The molecule has 2 aliphatic heterocycles. The van der Waals surface area contributed by atoms with E-state index in [0.717, 1.165) is 37.6 Å². The molecular weight excluding hydrogens is 613 g/mol. The van der Waals surface area contributed by atoms with Crippen LogP contribution in [0.1, 0.15) is 70.9 Å². The maximum atomic E-state index is 13.7. The van der Waals surface area contributed by atoms with Crippen molar-refractivity contribution in [3.05, 3.63) is 68.4 Å². The van der Waals surface area contributed by atoms with Crippen LogP contribution in [0, 0.1) is 0 Å². The van der Waals surface area contributed by atoms with Crippen molar-refractivity contribution in [1.29, 1.82) is 0 Å². The highest BCUT2D eigenvalue weighted by Gasteiger charge is 2.44. The Morgan fingerprint density at radius 3 is 2.24 bits per heavy atom. The number of benzene rings is 2. The Labute approximate surface area is 252 Å². The molecule has 1 N–H and O–H groups in total. The summed E-state index contributed by atoms with van der Waals surface area (Å²) in [4.78, 5) is 28.1. The van der Waals surface area contributed by atoms with E-state index in [-0.39, 0.29) is 35.2 Å². The first-order valence-electron chi connectivity index (χ1n) is 13.2. The summed E-state index contributed by atoms with van der Waals surface area (Å²) >= 11 is 19.5. The number of anilines is 1. The molecule has 3 fully saturated rings. The van der Waals surface area contributed by atoms with E-state index >= 15 is 0 Å². The molecule has 2 unspecified atom stereocenters. The van der Waals surface area contributed by atoms with Gasteiger partial charge < -0.3 is 14.2 Å². The monoisotopic (exact) mass is 637 g/mol. The van der Waals surface area contributed by atoms with Gasteiger partial charge in [-0.15, -0.1) is 0 Å². The summed E-state index contributed by atoms with van der Waals surface area (Å²) < 4.78 is 36.6. The smallest absolute Gasteiger partial charge is 0.344 e. The van der Waals surface area contributed by atoms with Crippen molar-refractivity contribution in [2.45, 2.75) is 62.6 Å². The maximum absolute atomic E-state index is 13.7. The van der Waals surface area contributed by atoms with Crippen molar-refractivity contribution in [1.82, 2.24) is 9.88 Å². The molecule has 13 heteroatoms. The summed E-state index contributed by atoms with van der Waals surface area (Å²) in [6, 6.07) is 10.00. The summed E-state index contributed by atoms with van der Waals surface area (Å²) in [6.07, 6.45) is 5.39. The number of piperidine rings is 1. The zero-order chi connectivity index (χ0) is 29.1. The van der Waals surface area contributed by atoms with Gasteiger partial charge in [0, 0.05) is 42.0 Å². The molecule has 1 aliphatic carbocycles. The van der Waals surface area contributed by atoms with Gasteiger partial charge in [0.05, 0.1) is 27.0 Å². The fourth-order valence-corrected chi connectivity index (χ4v) is 7.24. The molecule has 3 heterocycles. The lowest BCUT2D eigenvalue weighted by molar-refractivity contribution is 0.0202. The number of amides is 1. The molecule has 6 rings (SSSR count). The van der Waals surface area contributed by atoms with Crippen LogP contribution >= 0.6 is 34.8 Å². The molecule has 1 amide bonds. The molecule has 3 aliphatic rings. The van der Waals surface area contributed by atoms with Crippen LogP contribution in [0.3, 0.4) is 0 Å². The van der Waals surface area contributed by atoms with Crippen LogP contribution in [0.4, 0.5) is 5.69 Å². The largest absolute Gasteiger partial charge is 0.458 e. The van der Waals surface area contributed by atoms with E-state index < -0.39 is 21.9 Å². The maximum Gasteiger partial charge on any atom is 0.344 e. The predicted octanol–water partition coefficient (Wildman–Crippen LogP) is 6.23. The number of nitrogens with zero attached hydrogens (tertiary/aromatic N) is 2. The van der Waals surface area contributed by atoms with E-state index in [1.807, 2.05) is 4.72 Å². The molecule has 216 valence electrons. The second-order valence-electron chi connectivity index (χ2n) is 10.8. The number of carbonyl (C=O) groups excluding carboxylic acids is 2. The Balaban J connectivity index is 1.21. The van der Waals surface area contributed by atoms with Crippen LogP contribution in [-0.2, 0) is 14.8 Å². The van der Waals surface area contributed by atoms with Crippen LogP contribution in [0.15, 0.2) is 40.9 Å². The van der Waals surface area contributed by atoms with E-state index in [9.17, 15) is 18.0 Å². The number of fused-ring (bicyclic) bond motifs is 2. The fraction of sp³-hybridized carbons (Fsp3) is 0.393. The van der Waals surface area contributed by atoms with Gasteiger partial charge in [0.2, 0.25) is 10.0 Å². The van der Waals surface area contributed by atoms with E-state index in [1.54, 1.807) is 30.3 Å². The third kappa shape index (κ3) is 5.67. The first kappa shape index (κ1) is 28.3. The number of nitrogens with one attached hydrogen (secondary N) is 1. The van der Waals surface area contributed by atoms with Crippen LogP contribution in [0.2, 0.25) is 15.1 Å². The quantitative estimate of drug-likeness (QED) is 0.303. The van der Waals surface area contributed by atoms with E-state index in [0.29, 0.717) is 44.9 Å². The molecule has 3 aromatic rings. The van der Waals surface area contributed by atoms with E-state index in [4.69, 9.17) is 44.1 Å². The van der Waals surface area contributed by atoms with Gasteiger partial charge in [0.1, 0.15) is 17.4 Å². The van der Waals surface area contributed by atoms with Crippen molar-refractivity contribution < 1.29 is 27.3 Å². The average Bonchev–Trinajstić information content (AvgIpc) is 3.59. The molecular formula is C28H26Cl3N3O6S. The lowest BCUT2D eigenvalue weighted by Crippen LogP contribution is -2.46. The van der Waals surface area contributed by atoms with Crippen LogP contribution in [0.25, 0.3) is 11.3 Å². The zero-order valence-electron chi connectivity index (χ0n) is 21.9. The molecule has 1 aromatic heterocycles. The second kappa shape index (κ2) is 10.8. The van der Waals surface area contributed by atoms with Crippen molar-refractivity contribution in [2.75, 3.05) is 11.2 Å². The van der Waals surface area contributed by atoms with Gasteiger partial charge in [-0.3, -0.25) is 4.79 Å². The van der Waals surface area contributed by atoms with Gasteiger partial charge >= 0.3 is 5.97 Å². The highest BCUT2D eigenvalue weighted by Crippen LogP contribution is 2.47. The number of hydrogen-bond acceptors (Lipinski definition) is 8. The number of carbonyl (C=O) groups is 2. The summed E-state index contributed by atoms with van der Waals surface area (Å²) in [5.74, 6) is -0.626. The number of rotatable bonds is 7. The Morgan fingerprint density at radius 1 is 1.00 bits per heavy atom. The summed E-state index contributed by atoms with van der Waals surface area (Å²) in [5.41, 5.74) is 1.92. The Kier molecular flexibility index (Phi) is 7.46. The van der Waals surface area contributed by atoms with Crippen molar-refractivity contribution in [3.63, 3.8) is 0 Å². The second-order valence-corrected chi connectivity index (χ2v) is 13.8. The third-order valence-electron chi connectivity index (χ3n) is 7.80. The average molecular weight is 639 g/mol. The lowest BCUT2D eigenvalue weighted by Gasteiger charge is -2.40. The Bertz CT molecular complexity index is 1620. The van der Waals surface area contributed by atoms with Crippen molar-refractivity contribution >= 4 is 62.4 Å². The lowest BCUT2D eigenvalue weighted by atomic mass is 9.98. The number of aromatic nitrogens is 1. The summed E-state index contributed by atoms with van der Waals surface area (Å²) in [7, 11) is -3.70. The van der Waals surface area contributed by atoms with Crippen LogP contribution < -0.4 is 9.62 Å². The van der Waals surface area contributed by atoms with Gasteiger partial charge in [-0.25, -0.2) is 17.9 Å². The predicted molar refractivity (Wildman–Crippen MR) is 155 cm³/mol. The van der Waals surface area contributed by atoms with Crippen LogP contribution in [0.5, 0.6) is 0 Å². The topological polar surface area (TPSA) is 119 Å². The Morgan fingerprint density at radius 2 is 1.66 bits per heavy atom. The standard InChI is InChI=1S/C28H26Cl3N3O6S/c1-41(37,38)33-27(35)15-7-10-22(21(31)11-15)34-16-8-9-17(34)13-18(12-16)39-28(36)24-25(32-40-26(24)14-5-6-14)23-19(29)3-2-4-20(23)30/h2-4,7,10-11,14,16-18H,5-6,8-9,12-13H2,1H3,(H,33,35). The molecule has 1 saturated carbocycles. The fourth-order valence-electron chi connectivity index (χ4n) is 5.93. The summed E-state index contributed by atoms with van der Waals surface area (Å²) in [6.45, 7) is 0. The number of halogens is 3. The molecule has 2 aromatic carbocycles. The number of sulfonamides is 1. The van der Waals surface area contributed by atoms with Crippen LogP contribution in [-0.4, -0.2) is 49.9 Å². The summed E-state index contributed by atoms with van der Waals surface area (Å²) in [5, 5.41) is 5.27. The molecule has 41 heavy (non-hydrogen) atoms. The van der Waals surface area contributed by atoms with E-state index in [1.165, 1.54) is 6.07 Å². The first-order valence-corrected chi connectivity index (χ1v) is 16.3. The van der Waals surface area contributed by atoms with Gasteiger partial charge in [-0.1, -0.05) is 46.0 Å². The molecule has 2 saturated heterocycles. The van der Waals surface area contributed by atoms with E-state index in [2.05, 4.69) is 10.1 Å². The third-order valence-corrected chi connectivity index (χ3v) is 9.29. The first-order chi connectivity index (χ1) is 19.5. The SMILES string of the molecule is CS(=O)(=O)NC(=O)c1ccc(N2C3CCC2CC(OC(=O)c2c(-c4c(Cl)cccc4Cl)noc2C2CC2)C3)c(Cl)c1. The zero-order valence-corrected chi connectivity index (χ0v) is 25.0. The molecule has 2 bridgehead atoms. The van der Waals surface area contributed by atoms with Gasteiger partial charge in [0.15, 0.2) is 5.76 Å². The van der Waals surface area contributed by atoms with Gasteiger partial charge in [-0.2, -0.15) is 0 Å². The number of hydrogen-bond donors (Lipinski definition) is 1. The van der Waals surface area contributed by atoms with Crippen molar-refractivity contribution in [3.8, 4) is 11.3 Å². The minimum Gasteiger partial charge on any atom is -0.458 e. The minimum atomic E-state index is -3.70. The minimum absolute atomic E-state index is 0.0719. The molecule has 0 radical (unpaired) electrons. The highest BCUT2D eigenvalue weighted by molar-refractivity contribution is 7.89. The number of esters is 1. The molecule has 9 nitrogen and oxygen atoms in total. The van der Waals surface area contributed by atoms with Gasteiger partial charge in [-0.05, 0) is 56.0 Å². The highest BCUT2D eigenvalue weighted by atomic mass is 35.5. The number of ether oxygens (including phenoxy) is 1. The molecule has 0 spiro atoms. The Hall–Kier alpha value is -2.79.